The van der Waals surface area contributed by atoms with Crippen molar-refractivity contribution in [2.24, 2.45) is 0 Å². The summed E-state index contributed by atoms with van der Waals surface area (Å²) in [6, 6.07) is 21.3. The average molecular weight is 335 g/mol. The van der Waals surface area contributed by atoms with E-state index in [1.54, 1.807) is 31.3 Å². The molecule has 0 radical (unpaired) electrons. The average Bonchev–Trinajstić information content (AvgIpc) is 2.66. The van der Waals surface area contributed by atoms with Gasteiger partial charge in [-0.3, -0.25) is 4.79 Å². The maximum Gasteiger partial charge on any atom is 0.254 e. The van der Waals surface area contributed by atoms with E-state index < -0.39 is 6.10 Å². The van der Waals surface area contributed by atoms with Gasteiger partial charge in [-0.25, -0.2) is 0 Å². The first kappa shape index (κ1) is 17.0. The summed E-state index contributed by atoms with van der Waals surface area (Å²) in [6.07, 6.45) is -0.161. The number of rotatable bonds is 6. The summed E-state index contributed by atoms with van der Waals surface area (Å²) in [5.74, 6) is 0.263. The van der Waals surface area contributed by atoms with E-state index in [2.05, 4.69) is 29.6 Å². The number of nitrogens with one attached hydrogen (secondary N) is 1. The van der Waals surface area contributed by atoms with Crippen molar-refractivity contribution in [2.45, 2.75) is 12.5 Å². The summed E-state index contributed by atoms with van der Waals surface area (Å²) in [7, 11) is 1.58. The Morgan fingerprint density at radius 2 is 1.76 bits per heavy atom. The first-order valence-corrected chi connectivity index (χ1v) is 8.27. The van der Waals surface area contributed by atoms with E-state index in [0.29, 0.717) is 17.7 Å². The predicted octanol–water partition coefficient (Wildman–Crippen LogP) is 3.18. The number of ether oxygens (including phenoxy) is 1. The molecule has 3 aromatic rings. The fraction of sp³-hybridized carbons (Fsp3) is 0.190. The molecule has 0 aromatic heterocycles. The lowest BCUT2D eigenvalue weighted by Crippen LogP contribution is -2.23. The second-order valence-corrected chi connectivity index (χ2v) is 5.93. The van der Waals surface area contributed by atoms with Crippen molar-refractivity contribution in [3.63, 3.8) is 0 Å². The molecule has 0 heterocycles. The fourth-order valence-corrected chi connectivity index (χ4v) is 2.80. The van der Waals surface area contributed by atoms with Crippen LogP contribution in [-0.4, -0.2) is 30.8 Å². The summed E-state index contributed by atoms with van der Waals surface area (Å²) in [4.78, 5) is 11.8. The van der Waals surface area contributed by atoms with Crippen molar-refractivity contribution in [1.29, 1.82) is 0 Å². The number of amides is 1. The molecule has 1 unspecified atom stereocenters. The van der Waals surface area contributed by atoms with Crippen LogP contribution in [0.1, 0.15) is 15.9 Å². The molecule has 25 heavy (non-hydrogen) atoms. The monoisotopic (exact) mass is 335 g/mol. The Balaban J connectivity index is 1.64. The topological polar surface area (TPSA) is 58.6 Å². The Hall–Kier alpha value is -2.85. The predicted molar refractivity (Wildman–Crippen MR) is 99.0 cm³/mol. The molecule has 0 saturated heterocycles. The number of carbonyl (C=O) groups is 1. The SMILES string of the molecule is CNC(=O)c1ccccc1OCC(O)Cc1ccc2ccccc2c1. The van der Waals surface area contributed by atoms with Crippen molar-refractivity contribution in [3.05, 3.63) is 77.9 Å². The van der Waals surface area contributed by atoms with Gasteiger partial charge >= 0.3 is 0 Å². The van der Waals surface area contributed by atoms with E-state index in [-0.39, 0.29) is 12.5 Å². The zero-order valence-electron chi connectivity index (χ0n) is 14.1. The smallest absolute Gasteiger partial charge is 0.254 e. The molecule has 0 fully saturated rings. The Bertz CT molecular complexity index is 876. The molecule has 3 rings (SSSR count). The lowest BCUT2D eigenvalue weighted by atomic mass is 10.0. The normalized spacial score (nSPS) is 11.9. The van der Waals surface area contributed by atoms with Gasteiger partial charge in [0.25, 0.3) is 5.91 Å². The van der Waals surface area contributed by atoms with Crippen LogP contribution in [0.4, 0.5) is 0 Å². The van der Waals surface area contributed by atoms with Crippen LogP contribution >= 0.6 is 0 Å². The van der Waals surface area contributed by atoms with E-state index >= 15 is 0 Å². The van der Waals surface area contributed by atoms with E-state index in [4.69, 9.17) is 4.74 Å². The summed E-state index contributed by atoms with van der Waals surface area (Å²) in [6.45, 7) is 0.126. The standard InChI is InChI=1S/C21H21NO3/c1-22-21(24)19-8-4-5-9-20(19)25-14-18(23)13-15-10-11-16-6-2-3-7-17(16)12-15/h2-12,18,23H,13-14H2,1H3,(H,22,24). The summed E-state index contributed by atoms with van der Waals surface area (Å²) in [5.41, 5.74) is 1.51. The summed E-state index contributed by atoms with van der Waals surface area (Å²) in [5, 5.41) is 15.2. The number of benzene rings is 3. The highest BCUT2D eigenvalue weighted by atomic mass is 16.5. The number of hydrogen-bond acceptors (Lipinski definition) is 3. The molecular formula is C21H21NO3. The van der Waals surface area contributed by atoms with Crippen molar-refractivity contribution < 1.29 is 14.6 Å². The molecule has 0 aliphatic carbocycles. The van der Waals surface area contributed by atoms with Crippen LogP contribution in [0.3, 0.4) is 0 Å². The van der Waals surface area contributed by atoms with Crippen LogP contribution in [-0.2, 0) is 6.42 Å². The Kier molecular flexibility index (Phi) is 5.31. The van der Waals surface area contributed by atoms with Crippen LogP contribution < -0.4 is 10.1 Å². The molecule has 4 nitrogen and oxygen atoms in total. The van der Waals surface area contributed by atoms with Crippen LogP contribution in [0.2, 0.25) is 0 Å². The number of fused-ring (bicyclic) bond motifs is 1. The van der Waals surface area contributed by atoms with E-state index in [0.717, 1.165) is 10.9 Å². The molecule has 1 atom stereocenters. The van der Waals surface area contributed by atoms with Gasteiger partial charge in [0.05, 0.1) is 11.7 Å². The van der Waals surface area contributed by atoms with Gasteiger partial charge in [-0.1, -0.05) is 54.6 Å². The number of carbonyl (C=O) groups excluding carboxylic acids is 1. The zero-order chi connectivity index (χ0) is 17.6. The van der Waals surface area contributed by atoms with Crippen LogP contribution in [0.15, 0.2) is 66.7 Å². The van der Waals surface area contributed by atoms with Gasteiger partial charge in [0, 0.05) is 13.5 Å². The van der Waals surface area contributed by atoms with Gasteiger partial charge < -0.3 is 15.2 Å². The number of aliphatic hydroxyl groups excluding tert-OH is 1. The molecule has 0 aliphatic heterocycles. The Morgan fingerprint density at radius 1 is 1.04 bits per heavy atom. The Morgan fingerprint density at radius 3 is 2.56 bits per heavy atom. The first-order valence-electron chi connectivity index (χ1n) is 8.27. The van der Waals surface area contributed by atoms with Gasteiger partial charge in [-0.05, 0) is 28.5 Å². The molecule has 2 N–H and O–H groups in total. The largest absolute Gasteiger partial charge is 0.490 e. The van der Waals surface area contributed by atoms with Crippen LogP contribution in [0.25, 0.3) is 10.8 Å². The second kappa shape index (κ2) is 7.81. The van der Waals surface area contributed by atoms with Crippen LogP contribution in [0, 0.1) is 0 Å². The number of para-hydroxylation sites is 1. The van der Waals surface area contributed by atoms with Crippen LogP contribution in [0.5, 0.6) is 5.75 Å². The van der Waals surface area contributed by atoms with Crippen molar-refractivity contribution in [3.8, 4) is 5.75 Å². The summed E-state index contributed by atoms with van der Waals surface area (Å²) >= 11 is 0. The molecule has 128 valence electrons. The maximum absolute atomic E-state index is 11.8. The van der Waals surface area contributed by atoms with Gasteiger partial charge in [-0.15, -0.1) is 0 Å². The Labute approximate surface area is 147 Å². The van der Waals surface area contributed by atoms with E-state index in [1.165, 1.54) is 5.39 Å². The third kappa shape index (κ3) is 4.17. The molecule has 4 heteroatoms. The molecule has 0 aliphatic rings. The van der Waals surface area contributed by atoms with E-state index in [9.17, 15) is 9.90 Å². The molecular weight excluding hydrogens is 314 g/mol. The summed E-state index contributed by atoms with van der Waals surface area (Å²) < 4.78 is 5.67. The highest BCUT2D eigenvalue weighted by molar-refractivity contribution is 5.96. The third-order valence-corrected chi connectivity index (χ3v) is 4.08. The second-order valence-electron chi connectivity index (χ2n) is 5.93. The van der Waals surface area contributed by atoms with Gasteiger partial charge in [0.1, 0.15) is 12.4 Å². The van der Waals surface area contributed by atoms with Crippen molar-refractivity contribution in [2.75, 3.05) is 13.7 Å². The van der Waals surface area contributed by atoms with Crippen molar-refractivity contribution in [1.82, 2.24) is 5.32 Å². The van der Waals surface area contributed by atoms with Crippen molar-refractivity contribution >= 4 is 16.7 Å². The third-order valence-electron chi connectivity index (χ3n) is 4.08. The van der Waals surface area contributed by atoms with Gasteiger partial charge in [0.2, 0.25) is 0 Å². The minimum atomic E-state index is -0.654. The number of hydrogen-bond donors (Lipinski definition) is 2. The molecule has 0 spiro atoms. The maximum atomic E-state index is 11.8. The lowest BCUT2D eigenvalue weighted by Gasteiger charge is -2.15. The fourth-order valence-electron chi connectivity index (χ4n) is 2.80. The molecule has 3 aromatic carbocycles. The number of aliphatic hydroxyl groups is 1. The molecule has 0 bridgehead atoms. The molecule has 1 amide bonds. The minimum absolute atomic E-state index is 0.126. The zero-order valence-corrected chi connectivity index (χ0v) is 14.1. The highest BCUT2D eigenvalue weighted by Crippen LogP contribution is 2.19. The lowest BCUT2D eigenvalue weighted by molar-refractivity contribution is 0.0935. The molecule has 0 saturated carbocycles. The first-order chi connectivity index (χ1) is 12.2. The van der Waals surface area contributed by atoms with Gasteiger partial charge in [0.15, 0.2) is 0 Å². The van der Waals surface area contributed by atoms with E-state index in [1.807, 2.05) is 18.2 Å². The quantitative estimate of drug-likeness (QED) is 0.727. The highest BCUT2D eigenvalue weighted by Gasteiger charge is 2.13. The van der Waals surface area contributed by atoms with Gasteiger partial charge in [-0.2, -0.15) is 0 Å². The minimum Gasteiger partial charge on any atom is -0.490 e.